The third-order valence-corrected chi connectivity index (χ3v) is 5.53. The van der Waals surface area contributed by atoms with Crippen molar-refractivity contribution >= 4 is 0 Å². The maximum atomic E-state index is 5.83. The van der Waals surface area contributed by atoms with Crippen molar-refractivity contribution in [3.8, 4) is 23.0 Å². The highest BCUT2D eigenvalue weighted by molar-refractivity contribution is 5.57. The lowest BCUT2D eigenvalue weighted by atomic mass is 9.83. The molecule has 0 bridgehead atoms. The summed E-state index contributed by atoms with van der Waals surface area (Å²) in [5.74, 6) is 3.41. The Labute approximate surface area is 166 Å². The third kappa shape index (κ3) is 3.28. The Morgan fingerprint density at radius 1 is 0.893 bits per heavy atom. The average Bonchev–Trinajstić information content (AvgIpc) is 2.70. The Bertz CT molecular complexity index is 885. The molecule has 5 heteroatoms. The van der Waals surface area contributed by atoms with Crippen LogP contribution in [0.5, 0.6) is 23.0 Å². The molecule has 0 aromatic heterocycles. The molecule has 0 radical (unpaired) electrons. The molecule has 1 unspecified atom stereocenters. The van der Waals surface area contributed by atoms with Gasteiger partial charge < -0.3 is 24.3 Å². The second-order valence-corrected chi connectivity index (χ2v) is 8.38. The summed E-state index contributed by atoms with van der Waals surface area (Å²) < 4.78 is 23.2. The normalized spacial score (nSPS) is 18.4. The molecule has 0 saturated heterocycles. The first-order valence-electron chi connectivity index (χ1n) is 9.84. The highest BCUT2D eigenvalue weighted by atomic mass is 16.6. The molecule has 2 aliphatic rings. The second-order valence-electron chi connectivity index (χ2n) is 8.38. The quantitative estimate of drug-likeness (QED) is 0.868. The van der Waals surface area contributed by atoms with Crippen molar-refractivity contribution in [2.24, 2.45) is 0 Å². The van der Waals surface area contributed by atoms with Gasteiger partial charge >= 0.3 is 0 Å². The summed E-state index contributed by atoms with van der Waals surface area (Å²) in [6.45, 7) is 8.63. The van der Waals surface area contributed by atoms with Gasteiger partial charge in [0.1, 0.15) is 24.7 Å². The number of rotatable bonds is 3. The minimum Gasteiger partial charge on any atom is -0.496 e. The van der Waals surface area contributed by atoms with E-state index in [4.69, 9.17) is 18.9 Å². The maximum absolute atomic E-state index is 5.83. The lowest BCUT2D eigenvalue weighted by molar-refractivity contribution is 0.171. The van der Waals surface area contributed by atoms with E-state index in [1.165, 1.54) is 11.1 Å². The molecule has 5 nitrogen and oxygen atoms in total. The zero-order valence-corrected chi connectivity index (χ0v) is 17.3. The van der Waals surface area contributed by atoms with Crippen molar-refractivity contribution in [2.45, 2.75) is 38.6 Å². The van der Waals surface area contributed by atoms with Gasteiger partial charge in [0.2, 0.25) is 0 Å². The topological polar surface area (TPSA) is 49.0 Å². The Kier molecular flexibility index (Phi) is 4.88. The lowest BCUT2D eigenvalue weighted by Crippen LogP contribution is -2.31. The molecule has 0 fully saturated rings. The van der Waals surface area contributed by atoms with Gasteiger partial charge in [-0.25, -0.2) is 0 Å². The summed E-state index contributed by atoms with van der Waals surface area (Å²) in [6, 6.07) is 8.48. The molecule has 1 N–H and O–H groups in total. The van der Waals surface area contributed by atoms with Gasteiger partial charge in [0.15, 0.2) is 11.5 Å². The Morgan fingerprint density at radius 2 is 1.57 bits per heavy atom. The van der Waals surface area contributed by atoms with E-state index in [-0.39, 0.29) is 11.5 Å². The van der Waals surface area contributed by atoms with E-state index >= 15 is 0 Å². The molecule has 2 aromatic carbocycles. The predicted molar refractivity (Wildman–Crippen MR) is 109 cm³/mol. The van der Waals surface area contributed by atoms with E-state index in [2.05, 4.69) is 50.4 Å². The van der Waals surface area contributed by atoms with Crippen LogP contribution in [0.15, 0.2) is 24.3 Å². The van der Waals surface area contributed by atoms with Crippen LogP contribution in [0.2, 0.25) is 0 Å². The van der Waals surface area contributed by atoms with Crippen molar-refractivity contribution in [1.82, 2.24) is 5.32 Å². The molecular weight excluding hydrogens is 354 g/mol. The van der Waals surface area contributed by atoms with Gasteiger partial charge in [0, 0.05) is 17.7 Å². The van der Waals surface area contributed by atoms with Crippen LogP contribution in [-0.2, 0) is 11.8 Å². The summed E-state index contributed by atoms with van der Waals surface area (Å²) in [6.07, 6.45) is 0.960. The minimum absolute atomic E-state index is 0.0115. The largest absolute Gasteiger partial charge is 0.496 e. The fraction of sp³-hybridized carbons (Fsp3) is 0.478. The average molecular weight is 383 g/mol. The second kappa shape index (κ2) is 7.21. The van der Waals surface area contributed by atoms with Gasteiger partial charge in [0.25, 0.3) is 0 Å². The fourth-order valence-corrected chi connectivity index (χ4v) is 4.10. The Morgan fingerprint density at radius 3 is 2.21 bits per heavy atom. The summed E-state index contributed by atoms with van der Waals surface area (Å²) >= 11 is 0. The van der Waals surface area contributed by atoms with Crippen LogP contribution in [0.3, 0.4) is 0 Å². The van der Waals surface area contributed by atoms with Crippen molar-refractivity contribution < 1.29 is 18.9 Å². The Balaban J connectivity index is 1.84. The molecule has 0 aliphatic carbocycles. The molecule has 2 heterocycles. The number of benzene rings is 2. The van der Waals surface area contributed by atoms with Crippen LogP contribution in [0, 0.1) is 0 Å². The molecule has 1 atom stereocenters. The van der Waals surface area contributed by atoms with Crippen LogP contribution in [0.1, 0.15) is 49.1 Å². The molecule has 4 rings (SSSR count). The highest BCUT2D eigenvalue weighted by Gasteiger charge is 2.30. The summed E-state index contributed by atoms with van der Waals surface area (Å²) in [4.78, 5) is 0. The van der Waals surface area contributed by atoms with Crippen LogP contribution in [0.25, 0.3) is 0 Å². The van der Waals surface area contributed by atoms with Gasteiger partial charge in [-0.2, -0.15) is 0 Å². The predicted octanol–water partition coefficient (Wildman–Crippen LogP) is 4.01. The van der Waals surface area contributed by atoms with E-state index in [9.17, 15) is 0 Å². The molecule has 0 amide bonds. The van der Waals surface area contributed by atoms with Gasteiger partial charge in [-0.1, -0.05) is 20.8 Å². The number of nitrogens with one attached hydrogen (secondary N) is 1. The van der Waals surface area contributed by atoms with E-state index in [1.807, 2.05) is 0 Å². The van der Waals surface area contributed by atoms with Crippen molar-refractivity contribution in [2.75, 3.05) is 34.0 Å². The number of ether oxygens (including phenoxy) is 4. The molecule has 2 aliphatic heterocycles. The van der Waals surface area contributed by atoms with Crippen LogP contribution >= 0.6 is 0 Å². The van der Waals surface area contributed by atoms with E-state index in [0.717, 1.165) is 47.1 Å². The molecule has 2 aromatic rings. The van der Waals surface area contributed by atoms with Gasteiger partial charge in [-0.3, -0.25) is 0 Å². The Hall–Kier alpha value is -2.40. The van der Waals surface area contributed by atoms with E-state index in [1.54, 1.807) is 14.2 Å². The fourth-order valence-electron chi connectivity index (χ4n) is 4.10. The minimum atomic E-state index is -0.0424. The molecular formula is C23H29NO4. The van der Waals surface area contributed by atoms with Crippen molar-refractivity contribution in [3.05, 3.63) is 46.5 Å². The van der Waals surface area contributed by atoms with Crippen molar-refractivity contribution in [3.63, 3.8) is 0 Å². The lowest BCUT2D eigenvalue weighted by Gasteiger charge is -2.32. The van der Waals surface area contributed by atoms with Crippen molar-refractivity contribution in [1.29, 1.82) is 0 Å². The highest BCUT2D eigenvalue weighted by Crippen LogP contribution is 2.44. The zero-order chi connectivity index (χ0) is 19.9. The van der Waals surface area contributed by atoms with E-state index < -0.39 is 0 Å². The first-order valence-corrected chi connectivity index (χ1v) is 9.84. The first kappa shape index (κ1) is 18.9. The molecule has 28 heavy (non-hydrogen) atoms. The van der Waals surface area contributed by atoms with E-state index in [0.29, 0.717) is 13.2 Å². The van der Waals surface area contributed by atoms with Gasteiger partial charge in [-0.15, -0.1) is 0 Å². The van der Waals surface area contributed by atoms with Crippen LogP contribution in [0.4, 0.5) is 0 Å². The molecule has 0 spiro atoms. The monoisotopic (exact) mass is 383 g/mol. The maximum Gasteiger partial charge on any atom is 0.161 e. The summed E-state index contributed by atoms with van der Waals surface area (Å²) in [7, 11) is 3.45. The molecule has 150 valence electrons. The number of fused-ring (bicyclic) bond motifs is 2. The van der Waals surface area contributed by atoms with Crippen LogP contribution in [-0.4, -0.2) is 34.0 Å². The number of hydrogen-bond donors (Lipinski definition) is 1. The first-order chi connectivity index (χ1) is 13.4. The molecule has 0 saturated carbocycles. The number of methoxy groups -OCH3 is 2. The third-order valence-electron chi connectivity index (χ3n) is 5.53. The zero-order valence-electron chi connectivity index (χ0n) is 17.3. The SMILES string of the molecule is COc1cc(C(C)(C)C)c(OC)cc1C1NCCc2cc3c(cc21)OCCO3. The van der Waals surface area contributed by atoms with Gasteiger partial charge in [0.05, 0.1) is 20.3 Å². The standard InChI is InChI=1S/C23H29NO4/c1-23(2,3)17-13-18(25-4)16(12-19(17)26-5)22-15-11-21-20(27-8-9-28-21)10-14(15)6-7-24-22/h10-13,22,24H,6-9H2,1-5H3. The van der Waals surface area contributed by atoms with Crippen LogP contribution < -0.4 is 24.3 Å². The summed E-state index contributed by atoms with van der Waals surface area (Å²) in [5, 5.41) is 3.65. The summed E-state index contributed by atoms with van der Waals surface area (Å²) in [5.41, 5.74) is 4.66. The van der Waals surface area contributed by atoms with Gasteiger partial charge in [-0.05, 0) is 47.2 Å². The number of hydrogen-bond acceptors (Lipinski definition) is 5. The smallest absolute Gasteiger partial charge is 0.161 e.